The molecule has 0 atom stereocenters. The van der Waals surface area contributed by atoms with Gasteiger partial charge in [0.05, 0.1) is 6.61 Å². The summed E-state index contributed by atoms with van der Waals surface area (Å²) < 4.78 is 5.03. The van der Waals surface area contributed by atoms with Gasteiger partial charge < -0.3 is 4.74 Å². The molecule has 0 amide bonds. The largest absolute Gasteiger partial charge is 0.458 e. The van der Waals surface area contributed by atoms with Crippen molar-refractivity contribution in [3.05, 3.63) is 35.9 Å². The van der Waals surface area contributed by atoms with Crippen molar-refractivity contribution in [3.63, 3.8) is 0 Å². The minimum Gasteiger partial charge on any atom is -0.458 e. The normalized spacial score (nSPS) is 9.93. The Hall–Kier alpha value is -0.960. The summed E-state index contributed by atoms with van der Waals surface area (Å²) in [5.74, 6) is 0.686. The monoisotopic (exact) mass is 224 g/mol. The Balaban J connectivity index is 2.17. The van der Waals surface area contributed by atoms with E-state index in [1.807, 2.05) is 30.3 Å². The third kappa shape index (κ3) is 5.47. The molecular formula is C12H16O2S. The molecule has 0 unspecified atom stereocenters. The number of thioether (sulfide) groups is 1. The molecule has 1 rings (SSSR count). The fraction of sp³-hybridized carbons (Fsp3) is 0.417. The summed E-state index contributed by atoms with van der Waals surface area (Å²) in [6.07, 6.45) is 1.99. The topological polar surface area (TPSA) is 26.3 Å². The van der Waals surface area contributed by atoms with Crippen molar-refractivity contribution < 1.29 is 9.53 Å². The Morgan fingerprint density at radius 3 is 2.73 bits per heavy atom. The zero-order valence-corrected chi connectivity index (χ0v) is 9.76. The number of carbonyl (C=O) groups is 1. The molecule has 1 aromatic carbocycles. The molecule has 0 aromatic heterocycles. The highest BCUT2D eigenvalue weighted by Crippen LogP contribution is 2.14. The van der Waals surface area contributed by atoms with E-state index >= 15 is 0 Å². The van der Waals surface area contributed by atoms with E-state index in [0.717, 1.165) is 18.4 Å². The summed E-state index contributed by atoms with van der Waals surface area (Å²) in [4.78, 5) is 11.2. The lowest BCUT2D eigenvalue weighted by Crippen LogP contribution is -1.99. The number of ether oxygens (including phenoxy) is 1. The molecule has 0 saturated carbocycles. The lowest BCUT2D eigenvalue weighted by Gasteiger charge is -2.02. The maximum Gasteiger partial charge on any atom is 0.367 e. The predicted octanol–water partition coefficient (Wildman–Crippen LogP) is 3.86. The Labute approximate surface area is 95.0 Å². The molecule has 0 aliphatic carbocycles. The summed E-state index contributed by atoms with van der Waals surface area (Å²) in [5, 5.41) is -0.174. The highest BCUT2D eigenvalue weighted by Gasteiger charge is 2.03. The van der Waals surface area contributed by atoms with Gasteiger partial charge >= 0.3 is 5.30 Å². The molecular weight excluding hydrogens is 208 g/mol. The fourth-order valence-electron chi connectivity index (χ4n) is 1.06. The summed E-state index contributed by atoms with van der Waals surface area (Å²) in [7, 11) is 0. The quantitative estimate of drug-likeness (QED) is 0.561. The van der Waals surface area contributed by atoms with Crippen molar-refractivity contribution >= 4 is 17.1 Å². The molecule has 82 valence electrons. The lowest BCUT2D eigenvalue weighted by atomic mass is 10.2. The molecule has 0 saturated heterocycles. The van der Waals surface area contributed by atoms with Crippen molar-refractivity contribution in [1.29, 1.82) is 0 Å². The molecule has 3 heteroatoms. The van der Waals surface area contributed by atoms with Gasteiger partial charge in [0.15, 0.2) is 0 Å². The minimum absolute atomic E-state index is 0.174. The third-order valence-corrected chi connectivity index (χ3v) is 2.75. The highest BCUT2D eigenvalue weighted by atomic mass is 32.2. The molecule has 15 heavy (non-hydrogen) atoms. The molecule has 1 aromatic rings. The SMILES string of the molecule is CCCCOC(=O)SCc1ccccc1. The van der Waals surface area contributed by atoms with Crippen LogP contribution in [0.15, 0.2) is 30.3 Å². The lowest BCUT2D eigenvalue weighted by molar-refractivity contribution is 0.173. The smallest absolute Gasteiger partial charge is 0.367 e. The first-order valence-corrected chi connectivity index (χ1v) is 6.15. The molecule has 0 aliphatic heterocycles. The Morgan fingerprint density at radius 2 is 2.07 bits per heavy atom. The third-order valence-electron chi connectivity index (χ3n) is 1.92. The second-order valence-electron chi connectivity index (χ2n) is 3.23. The van der Waals surface area contributed by atoms with Crippen LogP contribution in [0.3, 0.4) is 0 Å². The number of unbranched alkanes of at least 4 members (excludes halogenated alkanes) is 1. The van der Waals surface area contributed by atoms with Gasteiger partial charge in [-0.2, -0.15) is 0 Å². The van der Waals surface area contributed by atoms with Crippen LogP contribution in [0, 0.1) is 0 Å². The standard InChI is InChI=1S/C12H16O2S/c1-2-3-9-14-12(13)15-10-11-7-5-4-6-8-11/h4-8H,2-3,9-10H2,1H3. The second-order valence-corrected chi connectivity index (χ2v) is 4.14. The van der Waals surface area contributed by atoms with E-state index in [1.54, 1.807) is 0 Å². The van der Waals surface area contributed by atoms with Crippen LogP contribution in [0.1, 0.15) is 25.3 Å². The highest BCUT2D eigenvalue weighted by molar-refractivity contribution is 8.12. The van der Waals surface area contributed by atoms with Crippen LogP contribution in [0.2, 0.25) is 0 Å². The molecule has 0 aliphatic rings. The van der Waals surface area contributed by atoms with Crippen molar-refractivity contribution in [1.82, 2.24) is 0 Å². The first-order chi connectivity index (χ1) is 7.33. The van der Waals surface area contributed by atoms with Gasteiger partial charge in [-0.1, -0.05) is 43.7 Å². The van der Waals surface area contributed by atoms with E-state index in [4.69, 9.17) is 4.74 Å². The van der Waals surface area contributed by atoms with E-state index in [1.165, 1.54) is 11.8 Å². The van der Waals surface area contributed by atoms with Crippen LogP contribution in [-0.2, 0) is 10.5 Å². The van der Waals surface area contributed by atoms with Crippen molar-refractivity contribution in [2.24, 2.45) is 0 Å². The van der Waals surface area contributed by atoms with E-state index in [-0.39, 0.29) is 5.30 Å². The average molecular weight is 224 g/mol. The van der Waals surface area contributed by atoms with Crippen LogP contribution < -0.4 is 0 Å². The Kier molecular flexibility index (Phi) is 5.93. The van der Waals surface area contributed by atoms with Crippen LogP contribution >= 0.6 is 11.8 Å². The molecule has 0 N–H and O–H groups in total. The van der Waals surface area contributed by atoms with E-state index in [0.29, 0.717) is 12.4 Å². The first-order valence-electron chi connectivity index (χ1n) is 5.16. The van der Waals surface area contributed by atoms with Crippen LogP contribution in [0.4, 0.5) is 4.79 Å². The molecule has 0 radical (unpaired) electrons. The molecule has 0 heterocycles. The van der Waals surface area contributed by atoms with E-state index < -0.39 is 0 Å². The van der Waals surface area contributed by atoms with E-state index in [9.17, 15) is 4.79 Å². The molecule has 0 spiro atoms. The number of hydrogen-bond acceptors (Lipinski definition) is 3. The zero-order valence-electron chi connectivity index (χ0n) is 8.94. The van der Waals surface area contributed by atoms with Gasteiger partial charge in [0.1, 0.15) is 0 Å². The van der Waals surface area contributed by atoms with Gasteiger partial charge in [-0.25, -0.2) is 4.79 Å². The van der Waals surface area contributed by atoms with Crippen molar-refractivity contribution in [3.8, 4) is 0 Å². The average Bonchev–Trinajstić information content (AvgIpc) is 2.28. The maximum atomic E-state index is 11.2. The summed E-state index contributed by atoms with van der Waals surface area (Å²) in [5.41, 5.74) is 1.15. The Morgan fingerprint density at radius 1 is 1.33 bits per heavy atom. The van der Waals surface area contributed by atoms with Gasteiger partial charge in [-0.05, 0) is 23.7 Å². The van der Waals surface area contributed by atoms with Gasteiger partial charge in [-0.3, -0.25) is 0 Å². The van der Waals surface area contributed by atoms with Gasteiger partial charge in [0.25, 0.3) is 0 Å². The summed E-state index contributed by atoms with van der Waals surface area (Å²) in [6, 6.07) is 9.92. The van der Waals surface area contributed by atoms with Gasteiger partial charge in [-0.15, -0.1) is 0 Å². The minimum atomic E-state index is -0.174. The predicted molar refractivity (Wildman–Crippen MR) is 64.0 cm³/mol. The number of rotatable bonds is 5. The van der Waals surface area contributed by atoms with E-state index in [2.05, 4.69) is 6.92 Å². The van der Waals surface area contributed by atoms with Crippen molar-refractivity contribution in [2.75, 3.05) is 6.61 Å². The number of hydrogen-bond donors (Lipinski definition) is 0. The number of benzene rings is 1. The van der Waals surface area contributed by atoms with Crippen LogP contribution in [-0.4, -0.2) is 11.9 Å². The van der Waals surface area contributed by atoms with Crippen molar-refractivity contribution in [2.45, 2.75) is 25.5 Å². The van der Waals surface area contributed by atoms with Crippen LogP contribution in [0.5, 0.6) is 0 Å². The molecule has 2 nitrogen and oxygen atoms in total. The summed E-state index contributed by atoms with van der Waals surface area (Å²) in [6.45, 7) is 2.61. The van der Waals surface area contributed by atoms with Gasteiger partial charge in [0.2, 0.25) is 0 Å². The molecule has 0 fully saturated rings. The number of carbonyl (C=O) groups excluding carboxylic acids is 1. The molecule has 0 bridgehead atoms. The van der Waals surface area contributed by atoms with Crippen LogP contribution in [0.25, 0.3) is 0 Å². The zero-order chi connectivity index (χ0) is 10.9. The maximum absolute atomic E-state index is 11.2. The van der Waals surface area contributed by atoms with Gasteiger partial charge in [0, 0.05) is 5.75 Å². The Bertz CT molecular complexity index is 285. The fourth-order valence-corrected chi connectivity index (χ4v) is 1.70. The first kappa shape index (κ1) is 12.1. The summed E-state index contributed by atoms with van der Waals surface area (Å²) >= 11 is 1.22. The second kappa shape index (κ2) is 7.35.